The van der Waals surface area contributed by atoms with Gasteiger partial charge in [0.2, 0.25) is 0 Å². The van der Waals surface area contributed by atoms with Crippen LogP contribution in [0.25, 0.3) is 5.69 Å². The highest BCUT2D eigenvalue weighted by molar-refractivity contribution is 7.99. The van der Waals surface area contributed by atoms with Gasteiger partial charge in [-0.3, -0.25) is 4.79 Å². The molecule has 6 heteroatoms. The van der Waals surface area contributed by atoms with E-state index in [1.165, 1.54) is 11.8 Å². The molecule has 0 aliphatic carbocycles. The van der Waals surface area contributed by atoms with E-state index < -0.39 is 0 Å². The lowest BCUT2D eigenvalue weighted by atomic mass is 10.2. The van der Waals surface area contributed by atoms with Crippen LogP contribution >= 0.6 is 11.8 Å². The number of benzene rings is 3. The number of carbonyl (C=O) groups excluding carboxylic acids is 1. The second-order valence-corrected chi connectivity index (χ2v) is 7.60. The Kier molecular flexibility index (Phi) is 5.93. The summed E-state index contributed by atoms with van der Waals surface area (Å²) in [5.74, 6) is -0.167. The molecule has 1 N–H and O–H groups in total. The fraction of sp³-hybridized carbons (Fsp3) is 0.0417. The lowest BCUT2D eigenvalue weighted by Gasteiger charge is -2.10. The third-order valence-electron chi connectivity index (χ3n) is 4.47. The van der Waals surface area contributed by atoms with Crippen molar-refractivity contribution in [2.75, 3.05) is 0 Å². The first-order valence-corrected chi connectivity index (χ1v) is 10.2. The van der Waals surface area contributed by atoms with Gasteiger partial charge in [-0.05, 0) is 36.4 Å². The van der Waals surface area contributed by atoms with Crippen LogP contribution in [0.4, 0.5) is 0 Å². The smallest absolute Gasteiger partial charge is 0.252 e. The van der Waals surface area contributed by atoms with E-state index in [1.807, 2.05) is 72.9 Å². The summed E-state index contributed by atoms with van der Waals surface area (Å²) in [7, 11) is 0. The van der Waals surface area contributed by atoms with Gasteiger partial charge in [-0.1, -0.05) is 54.2 Å². The maximum Gasteiger partial charge on any atom is 0.252 e. The number of nitriles is 1. The fourth-order valence-corrected chi connectivity index (χ4v) is 3.99. The molecule has 0 atom stereocenters. The van der Waals surface area contributed by atoms with Gasteiger partial charge in [-0.15, -0.1) is 0 Å². The van der Waals surface area contributed by atoms with Crippen LogP contribution < -0.4 is 5.32 Å². The van der Waals surface area contributed by atoms with Crippen LogP contribution in [0, 0.1) is 11.3 Å². The van der Waals surface area contributed by atoms with Gasteiger partial charge in [0, 0.05) is 28.1 Å². The molecule has 1 amide bonds. The molecule has 0 unspecified atom stereocenters. The Bertz CT molecular complexity index is 1210. The fourth-order valence-electron chi connectivity index (χ4n) is 2.96. The summed E-state index contributed by atoms with van der Waals surface area (Å²) in [6.07, 6.45) is 3.65. The summed E-state index contributed by atoms with van der Waals surface area (Å²) in [4.78, 5) is 14.5. The molecule has 4 aromatic rings. The Labute approximate surface area is 179 Å². The summed E-state index contributed by atoms with van der Waals surface area (Å²) in [5, 5.41) is 16.6. The largest absolute Gasteiger partial charge is 0.348 e. The maximum atomic E-state index is 12.8. The van der Waals surface area contributed by atoms with Crippen molar-refractivity contribution in [1.29, 1.82) is 5.26 Å². The number of hydrogen-bond donors (Lipinski definition) is 1. The molecule has 146 valence electrons. The predicted molar refractivity (Wildman–Crippen MR) is 116 cm³/mol. The molecule has 1 aromatic heterocycles. The van der Waals surface area contributed by atoms with Crippen molar-refractivity contribution in [3.8, 4) is 11.8 Å². The number of nitrogens with one attached hydrogen (secondary N) is 1. The zero-order valence-electron chi connectivity index (χ0n) is 16.0. The molecule has 0 aliphatic heterocycles. The number of rotatable bonds is 6. The van der Waals surface area contributed by atoms with E-state index in [-0.39, 0.29) is 5.91 Å². The monoisotopic (exact) mass is 410 g/mol. The van der Waals surface area contributed by atoms with Crippen LogP contribution in [0.5, 0.6) is 0 Å². The van der Waals surface area contributed by atoms with Crippen LogP contribution in [0.1, 0.15) is 21.5 Å². The van der Waals surface area contributed by atoms with Crippen LogP contribution in [-0.4, -0.2) is 15.7 Å². The average Bonchev–Trinajstić information content (AvgIpc) is 3.28. The molecule has 30 heavy (non-hydrogen) atoms. The first kappa shape index (κ1) is 19.5. The molecule has 3 aromatic carbocycles. The molecule has 0 bridgehead atoms. The predicted octanol–water partition coefficient (Wildman–Crippen LogP) is 4.83. The summed E-state index contributed by atoms with van der Waals surface area (Å²) >= 11 is 1.42. The minimum absolute atomic E-state index is 0.167. The lowest BCUT2D eigenvalue weighted by molar-refractivity contribution is 0.0948. The highest BCUT2D eigenvalue weighted by atomic mass is 32.2. The van der Waals surface area contributed by atoms with Crippen molar-refractivity contribution in [2.45, 2.75) is 16.3 Å². The van der Waals surface area contributed by atoms with Gasteiger partial charge in [0.15, 0.2) is 0 Å². The summed E-state index contributed by atoms with van der Waals surface area (Å²) in [6.45, 7) is 0.374. The van der Waals surface area contributed by atoms with Crippen molar-refractivity contribution in [3.63, 3.8) is 0 Å². The third kappa shape index (κ3) is 4.43. The van der Waals surface area contributed by atoms with Crippen LogP contribution in [0.3, 0.4) is 0 Å². The molecule has 0 spiro atoms. The minimum atomic E-state index is -0.167. The molecule has 0 aliphatic rings. The second kappa shape index (κ2) is 9.12. The molecule has 0 saturated heterocycles. The van der Waals surface area contributed by atoms with E-state index in [1.54, 1.807) is 23.0 Å². The number of aromatic nitrogens is 2. The van der Waals surface area contributed by atoms with Gasteiger partial charge in [0.05, 0.1) is 23.0 Å². The Morgan fingerprint density at radius 2 is 1.67 bits per heavy atom. The van der Waals surface area contributed by atoms with Gasteiger partial charge in [0.1, 0.15) is 6.07 Å². The Morgan fingerprint density at radius 3 is 2.47 bits per heavy atom. The average molecular weight is 411 g/mol. The first-order valence-electron chi connectivity index (χ1n) is 9.38. The molecular formula is C24H18N4OS. The maximum absolute atomic E-state index is 12.8. The van der Waals surface area contributed by atoms with Crippen molar-refractivity contribution in [1.82, 2.24) is 15.1 Å². The van der Waals surface area contributed by atoms with E-state index in [4.69, 9.17) is 0 Å². The third-order valence-corrected chi connectivity index (χ3v) is 5.62. The van der Waals surface area contributed by atoms with Gasteiger partial charge >= 0.3 is 0 Å². The minimum Gasteiger partial charge on any atom is -0.348 e. The Hall–Kier alpha value is -3.82. The Balaban J connectivity index is 1.47. The van der Waals surface area contributed by atoms with E-state index in [0.29, 0.717) is 17.7 Å². The number of carbonyl (C=O) groups is 1. The van der Waals surface area contributed by atoms with Crippen molar-refractivity contribution in [3.05, 3.63) is 108 Å². The molecule has 0 fully saturated rings. The quantitative estimate of drug-likeness (QED) is 0.494. The van der Waals surface area contributed by atoms with E-state index >= 15 is 0 Å². The topological polar surface area (TPSA) is 70.7 Å². The Morgan fingerprint density at radius 1 is 0.967 bits per heavy atom. The van der Waals surface area contributed by atoms with Crippen LogP contribution in [-0.2, 0) is 6.54 Å². The molecular weight excluding hydrogens is 392 g/mol. The first-order chi connectivity index (χ1) is 14.7. The molecule has 5 nitrogen and oxygen atoms in total. The van der Waals surface area contributed by atoms with Crippen LogP contribution in [0.2, 0.25) is 0 Å². The van der Waals surface area contributed by atoms with E-state index in [9.17, 15) is 10.1 Å². The van der Waals surface area contributed by atoms with E-state index in [0.717, 1.165) is 21.0 Å². The molecule has 1 heterocycles. The van der Waals surface area contributed by atoms with Gasteiger partial charge in [-0.25, -0.2) is 4.68 Å². The highest BCUT2D eigenvalue weighted by Crippen LogP contribution is 2.32. The lowest BCUT2D eigenvalue weighted by Crippen LogP contribution is -2.23. The molecule has 0 radical (unpaired) electrons. The van der Waals surface area contributed by atoms with Crippen molar-refractivity contribution < 1.29 is 4.79 Å². The standard InChI is InChI=1S/C24H18N4OS/c25-14-19-8-4-6-12-22(19)30-23-13-7-5-11-21(23)24(29)26-15-18-16-27-28(17-18)20-9-2-1-3-10-20/h1-13,16-17H,15H2,(H,26,29). The summed E-state index contributed by atoms with van der Waals surface area (Å²) in [6, 6.07) is 26.8. The van der Waals surface area contributed by atoms with Crippen molar-refractivity contribution >= 4 is 17.7 Å². The summed E-state index contributed by atoms with van der Waals surface area (Å²) < 4.78 is 1.78. The van der Waals surface area contributed by atoms with Crippen LogP contribution in [0.15, 0.2) is 101 Å². The number of para-hydroxylation sites is 1. The second-order valence-electron chi connectivity index (χ2n) is 6.52. The zero-order chi connectivity index (χ0) is 20.8. The summed E-state index contributed by atoms with van der Waals surface area (Å²) in [5.41, 5.74) is 3.04. The molecule has 4 rings (SSSR count). The SMILES string of the molecule is N#Cc1ccccc1Sc1ccccc1C(=O)NCc1cnn(-c2ccccc2)c1. The number of hydrogen-bond acceptors (Lipinski definition) is 4. The van der Waals surface area contributed by atoms with Gasteiger partial charge in [-0.2, -0.15) is 10.4 Å². The normalized spacial score (nSPS) is 10.4. The number of amides is 1. The van der Waals surface area contributed by atoms with Gasteiger partial charge < -0.3 is 5.32 Å². The molecule has 0 saturated carbocycles. The zero-order valence-corrected chi connectivity index (χ0v) is 16.8. The number of nitrogens with zero attached hydrogens (tertiary/aromatic N) is 3. The van der Waals surface area contributed by atoms with Gasteiger partial charge in [0.25, 0.3) is 5.91 Å². The van der Waals surface area contributed by atoms with Crippen molar-refractivity contribution in [2.24, 2.45) is 0 Å². The van der Waals surface area contributed by atoms with E-state index in [2.05, 4.69) is 16.5 Å². The highest BCUT2D eigenvalue weighted by Gasteiger charge is 2.13.